The van der Waals surface area contributed by atoms with Crippen LogP contribution >= 0.6 is 15.9 Å². The molecule has 1 saturated carbocycles. The van der Waals surface area contributed by atoms with Crippen LogP contribution < -0.4 is 0 Å². The zero-order valence-electron chi connectivity index (χ0n) is 13.0. The van der Waals surface area contributed by atoms with Crippen molar-refractivity contribution in [3.63, 3.8) is 0 Å². The van der Waals surface area contributed by atoms with Crippen LogP contribution in [0.4, 0.5) is 0 Å². The SMILES string of the molecule is CCCC1CCC(O)(Cc2c(Br)c(CC)nn2C)CC1. The molecule has 0 radical (unpaired) electrons. The maximum Gasteiger partial charge on any atom is 0.0766 e. The first-order valence-electron chi connectivity index (χ1n) is 7.91. The molecule has 1 fully saturated rings. The number of rotatable bonds is 5. The van der Waals surface area contributed by atoms with Crippen LogP contribution in [0.5, 0.6) is 0 Å². The van der Waals surface area contributed by atoms with Gasteiger partial charge in [0.15, 0.2) is 0 Å². The molecule has 3 nitrogen and oxygen atoms in total. The normalized spacial score (nSPS) is 26.9. The van der Waals surface area contributed by atoms with Crippen LogP contribution in [-0.2, 0) is 19.9 Å². The summed E-state index contributed by atoms with van der Waals surface area (Å²) in [6, 6.07) is 0. The summed E-state index contributed by atoms with van der Waals surface area (Å²) in [6.07, 6.45) is 8.40. The monoisotopic (exact) mass is 342 g/mol. The molecular weight excluding hydrogens is 316 g/mol. The van der Waals surface area contributed by atoms with Gasteiger partial charge in [-0.25, -0.2) is 0 Å². The number of aliphatic hydroxyl groups is 1. The van der Waals surface area contributed by atoms with Gasteiger partial charge in [0.2, 0.25) is 0 Å². The average molecular weight is 343 g/mol. The van der Waals surface area contributed by atoms with E-state index in [1.165, 1.54) is 25.7 Å². The molecular formula is C16H27BrN2O. The lowest BCUT2D eigenvalue weighted by Gasteiger charge is -2.36. The highest BCUT2D eigenvalue weighted by Crippen LogP contribution is 2.37. The standard InChI is InChI=1S/C16H27BrN2O/c1-4-6-12-7-9-16(20,10-8-12)11-14-15(17)13(5-2)18-19(14)3/h12,20H,4-11H2,1-3H3. The Hall–Kier alpha value is -0.350. The maximum absolute atomic E-state index is 10.9. The molecule has 0 atom stereocenters. The fraction of sp³-hybridized carbons (Fsp3) is 0.812. The molecule has 0 amide bonds. The minimum absolute atomic E-state index is 0.536. The Balaban J connectivity index is 2.05. The highest BCUT2D eigenvalue weighted by molar-refractivity contribution is 9.10. The summed E-state index contributed by atoms with van der Waals surface area (Å²) in [5, 5.41) is 15.4. The van der Waals surface area contributed by atoms with Gasteiger partial charge < -0.3 is 5.11 Å². The fourth-order valence-electron chi connectivity index (χ4n) is 3.41. The third-order valence-electron chi connectivity index (χ3n) is 4.73. The van der Waals surface area contributed by atoms with E-state index in [0.29, 0.717) is 0 Å². The molecule has 1 N–H and O–H groups in total. The van der Waals surface area contributed by atoms with E-state index in [0.717, 1.165) is 47.5 Å². The second-order valence-electron chi connectivity index (χ2n) is 6.32. The van der Waals surface area contributed by atoms with Crippen molar-refractivity contribution in [2.75, 3.05) is 0 Å². The molecule has 20 heavy (non-hydrogen) atoms. The van der Waals surface area contributed by atoms with Crippen molar-refractivity contribution in [3.05, 3.63) is 15.9 Å². The number of aryl methyl sites for hydroxylation is 2. The smallest absolute Gasteiger partial charge is 0.0766 e. The van der Waals surface area contributed by atoms with Gasteiger partial charge in [0.25, 0.3) is 0 Å². The first-order valence-corrected chi connectivity index (χ1v) is 8.71. The van der Waals surface area contributed by atoms with E-state index in [1.807, 2.05) is 11.7 Å². The van der Waals surface area contributed by atoms with Gasteiger partial charge in [-0.15, -0.1) is 0 Å². The number of halogens is 1. The minimum Gasteiger partial charge on any atom is -0.389 e. The third-order valence-corrected chi connectivity index (χ3v) is 5.65. The lowest BCUT2D eigenvalue weighted by atomic mass is 9.75. The van der Waals surface area contributed by atoms with Crippen molar-refractivity contribution in [1.82, 2.24) is 9.78 Å². The topological polar surface area (TPSA) is 38.1 Å². The number of hydrogen-bond donors (Lipinski definition) is 1. The first kappa shape index (κ1) is 16.0. The molecule has 0 spiro atoms. The molecule has 0 unspecified atom stereocenters. The highest BCUT2D eigenvalue weighted by atomic mass is 79.9. The van der Waals surface area contributed by atoms with E-state index in [-0.39, 0.29) is 0 Å². The van der Waals surface area contributed by atoms with Gasteiger partial charge in [0.1, 0.15) is 0 Å². The van der Waals surface area contributed by atoms with E-state index in [1.54, 1.807) is 0 Å². The lowest BCUT2D eigenvalue weighted by molar-refractivity contribution is -0.0114. The Bertz CT molecular complexity index is 448. The summed E-state index contributed by atoms with van der Waals surface area (Å²) >= 11 is 3.66. The molecule has 2 rings (SSSR count). The quantitative estimate of drug-likeness (QED) is 0.877. The van der Waals surface area contributed by atoms with Crippen molar-refractivity contribution in [3.8, 4) is 0 Å². The third kappa shape index (κ3) is 3.45. The molecule has 1 heterocycles. The Kier molecular flexibility index (Phi) is 5.30. The summed E-state index contributed by atoms with van der Waals surface area (Å²) in [4.78, 5) is 0. The van der Waals surface area contributed by atoms with Gasteiger partial charge in [-0.05, 0) is 54.0 Å². The number of hydrogen-bond acceptors (Lipinski definition) is 2. The Labute approximate surface area is 130 Å². The zero-order chi connectivity index (χ0) is 14.8. The first-order chi connectivity index (χ1) is 9.49. The van der Waals surface area contributed by atoms with E-state index in [4.69, 9.17) is 0 Å². The summed E-state index contributed by atoms with van der Waals surface area (Å²) < 4.78 is 3.02. The highest BCUT2D eigenvalue weighted by Gasteiger charge is 2.34. The molecule has 0 aromatic carbocycles. The van der Waals surface area contributed by atoms with Gasteiger partial charge in [-0.2, -0.15) is 5.10 Å². The predicted molar refractivity (Wildman–Crippen MR) is 85.8 cm³/mol. The Morgan fingerprint density at radius 3 is 2.50 bits per heavy atom. The van der Waals surface area contributed by atoms with Crippen molar-refractivity contribution in [2.45, 2.75) is 70.8 Å². The minimum atomic E-state index is -0.536. The van der Waals surface area contributed by atoms with E-state index in [2.05, 4.69) is 34.9 Å². The maximum atomic E-state index is 10.9. The van der Waals surface area contributed by atoms with Crippen LogP contribution in [0.2, 0.25) is 0 Å². The largest absolute Gasteiger partial charge is 0.389 e. The molecule has 0 aliphatic heterocycles. The van der Waals surface area contributed by atoms with Gasteiger partial charge in [-0.1, -0.05) is 26.7 Å². The fourth-order valence-corrected chi connectivity index (χ4v) is 4.17. The number of nitrogens with zero attached hydrogens (tertiary/aromatic N) is 2. The van der Waals surface area contributed by atoms with Gasteiger partial charge >= 0.3 is 0 Å². The molecule has 0 bridgehead atoms. The molecule has 4 heteroatoms. The van der Waals surface area contributed by atoms with Crippen LogP contribution in [0.25, 0.3) is 0 Å². The van der Waals surface area contributed by atoms with Crippen LogP contribution in [0, 0.1) is 5.92 Å². The van der Waals surface area contributed by atoms with Crippen LogP contribution in [0.3, 0.4) is 0 Å². The van der Waals surface area contributed by atoms with Gasteiger partial charge in [0.05, 0.1) is 21.5 Å². The predicted octanol–water partition coefficient (Wildman–Crippen LogP) is 4.01. The van der Waals surface area contributed by atoms with Crippen LogP contribution in [-0.4, -0.2) is 20.5 Å². The average Bonchev–Trinajstić information content (AvgIpc) is 2.69. The van der Waals surface area contributed by atoms with Crippen LogP contribution in [0.1, 0.15) is 63.8 Å². The van der Waals surface area contributed by atoms with Crippen molar-refractivity contribution in [2.24, 2.45) is 13.0 Å². The summed E-state index contributed by atoms with van der Waals surface area (Å²) in [7, 11) is 1.98. The van der Waals surface area contributed by atoms with Crippen LogP contribution in [0.15, 0.2) is 4.47 Å². The van der Waals surface area contributed by atoms with Gasteiger partial charge in [0, 0.05) is 13.5 Å². The van der Waals surface area contributed by atoms with Crippen molar-refractivity contribution < 1.29 is 5.11 Å². The molecule has 114 valence electrons. The van der Waals surface area contributed by atoms with Crippen molar-refractivity contribution in [1.29, 1.82) is 0 Å². The summed E-state index contributed by atoms with van der Waals surface area (Å²) in [5.74, 6) is 0.821. The molecule has 1 aromatic rings. The van der Waals surface area contributed by atoms with Gasteiger partial charge in [-0.3, -0.25) is 4.68 Å². The van der Waals surface area contributed by atoms with E-state index >= 15 is 0 Å². The summed E-state index contributed by atoms with van der Waals surface area (Å²) in [5.41, 5.74) is 1.69. The van der Waals surface area contributed by atoms with E-state index in [9.17, 15) is 5.11 Å². The second kappa shape index (κ2) is 6.61. The Morgan fingerprint density at radius 1 is 1.35 bits per heavy atom. The van der Waals surface area contributed by atoms with Crippen molar-refractivity contribution >= 4 is 15.9 Å². The molecule has 1 aliphatic rings. The Morgan fingerprint density at radius 2 is 2.00 bits per heavy atom. The second-order valence-corrected chi connectivity index (χ2v) is 7.11. The lowest BCUT2D eigenvalue weighted by Crippen LogP contribution is -2.37. The zero-order valence-corrected chi connectivity index (χ0v) is 14.5. The molecule has 1 aliphatic carbocycles. The molecule has 0 saturated heterocycles. The molecule has 1 aromatic heterocycles. The number of aromatic nitrogens is 2. The summed E-state index contributed by atoms with van der Waals surface area (Å²) in [6.45, 7) is 4.36. The van der Waals surface area contributed by atoms with E-state index < -0.39 is 5.60 Å².